The zero-order valence-electron chi connectivity index (χ0n) is 18.6. The Morgan fingerprint density at radius 2 is 1.69 bits per heavy atom. The highest BCUT2D eigenvalue weighted by atomic mass is 35.5. The van der Waals surface area contributed by atoms with Gasteiger partial charge >= 0.3 is 19.4 Å². The van der Waals surface area contributed by atoms with Gasteiger partial charge in [-0.05, 0) is 44.2 Å². The van der Waals surface area contributed by atoms with E-state index in [4.69, 9.17) is 27.9 Å². The summed E-state index contributed by atoms with van der Waals surface area (Å²) in [5, 5.41) is -0.0653. The summed E-state index contributed by atoms with van der Waals surface area (Å²) in [6.45, 7) is 1.64. The van der Waals surface area contributed by atoms with Gasteiger partial charge in [-0.2, -0.15) is 13.2 Å². The second-order valence-electron chi connectivity index (χ2n) is 8.75. The number of benzene rings is 1. The molecule has 1 aromatic carbocycles. The van der Waals surface area contributed by atoms with Crippen LogP contribution in [0.1, 0.15) is 39.0 Å². The van der Waals surface area contributed by atoms with E-state index in [1.165, 1.54) is 0 Å². The Hall–Kier alpha value is -1.14. The summed E-state index contributed by atoms with van der Waals surface area (Å²) >= 11 is 9.53. The van der Waals surface area contributed by atoms with Crippen LogP contribution >= 0.6 is 23.2 Å². The van der Waals surface area contributed by atoms with Crippen LogP contribution in [0.25, 0.3) is 0 Å². The molecule has 1 saturated heterocycles. The van der Waals surface area contributed by atoms with Crippen molar-refractivity contribution in [3.63, 3.8) is 0 Å². The summed E-state index contributed by atoms with van der Waals surface area (Å²) in [4.78, 5) is 25.6. The van der Waals surface area contributed by atoms with Crippen LogP contribution in [0.4, 0.5) is 30.4 Å². The highest BCUT2D eigenvalue weighted by Gasteiger charge is 2.71. The van der Waals surface area contributed by atoms with Gasteiger partial charge in [0.2, 0.25) is 0 Å². The molecule has 3 fully saturated rings. The molecule has 2 aliphatic carbocycles. The topological polar surface area (TPSA) is 43.4 Å². The van der Waals surface area contributed by atoms with Crippen LogP contribution in [-0.4, -0.2) is 47.1 Å². The van der Waals surface area contributed by atoms with Crippen molar-refractivity contribution in [1.82, 2.24) is 0 Å². The number of hydrogen-bond acceptors (Lipinski definition) is 3. The monoisotopic (exact) mass is 570 g/mol. The van der Waals surface area contributed by atoms with E-state index in [2.05, 4.69) is 0 Å². The third kappa shape index (κ3) is 7.44. The first-order valence-corrected chi connectivity index (χ1v) is 13.2. The van der Waals surface area contributed by atoms with E-state index in [-0.39, 0.29) is 22.3 Å². The fourth-order valence-corrected chi connectivity index (χ4v) is 8.78. The maximum atomic E-state index is 12.9. The van der Waals surface area contributed by atoms with Crippen molar-refractivity contribution in [1.29, 1.82) is 0 Å². The maximum Gasteiger partial charge on any atom is 0.673 e. The summed E-state index contributed by atoms with van der Waals surface area (Å²) in [6.07, 6.45) is -2.03. The SMILES string of the molecule is C[C@@]1(OC(=O)C(F)(F)F)C[C@H]2CCCC(=O)[C@]23C[C@H]1[S+](c1ccccc1)C3.ClCCl.F[B-](F)(F)F. The number of hydrogen-bond donors (Lipinski definition) is 0. The summed E-state index contributed by atoms with van der Waals surface area (Å²) in [5.74, 6) is -1.21. The van der Waals surface area contributed by atoms with Crippen molar-refractivity contribution >= 4 is 53.1 Å². The largest absolute Gasteiger partial charge is 0.673 e. The number of esters is 1. The molecule has 4 rings (SSSR count). The molecule has 3 nitrogen and oxygen atoms in total. The van der Waals surface area contributed by atoms with Gasteiger partial charge in [-0.15, -0.1) is 23.2 Å². The molecule has 1 aromatic rings. The van der Waals surface area contributed by atoms with E-state index >= 15 is 0 Å². The number of carbonyl (C=O) groups is 2. The van der Waals surface area contributed by atoms with Crippen molar-refractivity contribution in [3.05, 3.63) is 30.3 Å². The molecule has 198 valence electrons. The molecule has 5 atom stereocenters. The Morgan fingerprint density at radius 3 is 2.20 bits per heavy atom. The molecular formula is C21H24BCl2F7O3S. The molecule has 0 aromatic heterocycles. The van der Waals surface area contributed by atoms with Crippen molar-refractivity contribution in [2.75, 3.05) is 11.1 Å². The normalized spacial score (nSPS) is 31.8. The molecule has 1 spiro atoms. The number of fused-ring (bicyclic) bond motifs is 1. The molecule has 35 heavy (non-hydrogen) atoms. The van der Waals surface area contributed by atoms with E-state index < -0.39 is 41.3 Å². The van der Waals surface area contributed by atoms with Crippen molar-refractivity contribution in [2.24, 2.45) is 11.3 Å². The lowest BCUT2D eigenvalue weighted by Gasteiger charge is -2.46. The molecule has 14 heteroatoms. The average molecular weight is 571 g/mol. The average Bonchev–Trinajstić information content (AvgIpc) is 3.09. The van der Waals surface area contributed by atoms with Crippen LogP contribution in [0.15, 0.2) is 35.2 Å². The number of rotatable bonds is 2. The Morgan fingerprint density at radius 1 is 1.14 bits per heavy atom. The van der Waals surface area contributed by atoms with Gasteiger partial charge in [0.1, 0.15) is 11.5 Å². The van der Waals surface area contributed by atoms with Crippen LogP contribution < -0.4 is 0 Å². The molecule has 0 amide bonds. The van der Waals surface area contributed by atoms with E-state index in [0.717, 1.165) is 17.7 Å². The quantitative estimate of drug-likeness (QED) is 0.129. The number of ether oxygens (including phenoxy) is 1. The molecule has 1 unspecified atom stereocenters. The molecule has 0 N–H and O–H groups in total. The standard InChI is InChI=1S/C20H22F3O3S.CH2Cl2.BF4/c1-18(26-17(25)20(21,22)23)10-13-6-5-9-15(24)19(13)11-16(18)27(12-19)14-7-3-2-4-8-14;2-1-3;2-1(3,4)5/h2-4,7-8,13,16H,5-6,9-12H2,1H3;1H2;/q+1;;-1/t13-,16-,18-,19+,27?;;/m1../s1. The Bertz CT molecular complexity index is 884. The Labute approximate surface area is 211 Å². The predicted octanol–water partition coefficient (Wildman–Crippen LogP) is 6.78. The zero-order chi connectivity index (χ0) is 26.7. The third-order valence-corrected chi connectivity index (χ3v) is 9.59. The van der Waals surface area contributed by atoms with Crippen LogP contribution in [-0.2, 0) is 25.2 Å². The minimum absolute atomic E-state index is 0.0118. The maximum absolute atomic E-state index is 12.9. The van der Waals surface area contributed by atoms with Gasteiger partial charge in [-0.25, -0.2) is 4.79 Å². The van der Waals surface area contributed by atoms with Gasteiger partial charge in [0.05, 0.1) is 10.8 Å². The van der Waals surface area contributed by atoms with Crippen LogP contribution in [0, 0.1) is 11.3 Å². The van der Waals surface area contributed by atoms with Gasteiger partial charge in [0.15, 0.2) is 15.7 Å². The molecule has 2 saturated carbocycles. The smallest absolute Gasteiger partial charge is 0.447 e. The van der Waals surface area contributed by atoms with Crippen molar-refractivity contribution in [3.8, 4) is 0 Å². The highest BCUT2D eigenvalue weighted by Crippen LogP contribution is 2.61. The van der Waals surface area contributed by atoms with Crippen LogP contribution in [0.2, 0.25) is 0 Å². The van der Waals surface area contributed by atoms with Gasteiger partial charge in [0.25, 0.3) is 0 Å². The molecule has 2 bridgehead atoms. The van der Waals surface area contributed by atoms with Crippen LogP contribution in [0.3, 0.4) is 0 Å². The first-order chi connectivity index (χ1) is 16.1. The van der Waals surface area contributed by atoms with E-state index in [1.54, 1.807) is 6.92 Å². The fourth-order valence-electron chi connectivity index (χ4n) is 5.26. The number of halogens is 9. The Kier molecular flexibility index (Phi) is 9.89. The summed E-state index contributed by atoms with van der Waals surface area (Å²) < 4.78 is 82.8. The van der Waals surface area contributed by atoms with Crippen molar-refractivity contribution in [2.45, 2.75) is 61.0 Å². The Balaban J connectivity index is 0.000000473. The minimum Gasteiger partial charge on any atom is -0.447 e. The zero-order valence-corrected chi connectivity index (χ0v) is 20.9. The van der Waals surface area contributed by atoms with Gasteiger partial charge in [0, 0.05) is 23.7 Å². The first-order valence-electron chi connectivity index (χ1n) is 10.6. The minimum atomic E-state index is -6.00. The lowest BCUT2D eigenvalue weighted by Crippen LogP contribution is -2.55. The molecule has 1 heterocycles. The lowest BCUT2D eigenvalue weighted by molar-refractivity contribution is -0.217. The number of alkyl halides is 5. The van der Waals surface area contributed by atoms with E-state index in [9.17, 15) is 40.0 Å². The van der Waals surface area contributed by atoms with Crippen LogP contribution in [0.5, 0.6) is 0 Å². The van der Waals surface area contributed by atoms with Gasteiger partial charge in [-0.3, -0.25) is 4.79 Å². The molecule has 1 aliphatic heterocycles. The predicted molar refractivity (Wildman–Crippen MR) is 122 cm³/mol. The highest BCUT2D eigenvalue weighted by molar-refractivity contribution is 7.98. The van der Waals surface area contributed by atoms with Crippen molar-refractivity contribution < 1.29 is 44.8 Å². The number of Topliss-reactive ketones (excluding diaryl/α,β-unsaturated/α-hetero) is 1. The van der Waals surface area contributed by atoms with E-state index in [1.807, 2.05) is 30.3 Å². The molecule has 0 radical (unpaired) electrons. The van der Waals surface area contributed by atoms with Gasteiger partial charge < -0.3 is 22.0 Å². The molecule has 3 aliphatic rings. The number of ketones is 1. The summed E-state index contributed by atoms with van der Waals surface area (Å²) in [7, 11) is -6.42. The second kappa shape index (κ2) is 11.5. The van der Waals surface area contributed by atoms with E-state index in [0.29, 0.717) is 25.0 Å². The number of carbonyl (C=O) groups excluding carboxylic acids is 2. The second-order valence-corrected chi connectivity index (χ2v) is 11.7. The molecular weight excluding hydrogens is 547 g/mol. The summed E-state index contributed by atoms with van der Waals surface area (Å²) in [6, 6.07) is 9.64. The summed E-state index contributed by atoms with van der Waals surface area (Å²) in [5.41, 5.74) is -1.65. The first kappa shape index (κ1) is 30.1. The van der Waals surface area contributed by atoms with Gasteiger partial charge in [-0.1, -0.05) is 18.2 Å². The lowest BCUT2D eigenvalue weighted by atomic mass is 9.57. The third-order valence-electron chi connectivity index (χ3n) is 6.54. The fraction of sp³-hybridized carbons (Fsp3) is 0.619.